The summed E-state index contributed by atoms with van der Waals surface area (Å²) in [5.41, 5.74) is 2.43. The van der Waals surface area contributed by atoms with Crippen LogP contribution in [-0.4, -0.2) is 21.4 Å². The first-order chi connectivity index (χ1) is 20.6. The number of benzene rings is 2. The second-order valence-corrected chi connectivity index (χ2v) is 15.9. The van der Waals surface area contributed by atoms with Crippen LogP contribution in [0.3, 0.4) is 0 Å². The molecule has 2 aromatic carbocycles. The average Bonchev–Trinajstić information content (AvgIpc) is 3.48. The summed E-state index contributed by atoms with van der Waals surface area (Å²) < 4.78 is 101. The third kappa shape index (κ3) is 6.12. The fourth-order valence-electron chi connectivity index (χ4n) is 8.30. The topological polar surface area (TPSA) is 101 Å². The molecule has 3 fully saturated rings. The molecule has 0 radical (unpaired) electrons. The van der Waals surface area contributed by atoms with Crippen LogP contribution in [0.4, 0.5) is 8.78 Å². The SMILES string of the molecule is O=S(=O)([O-])c1c(F)c(F)c(OS(=O)(=O)c2c(C3CCCCC3)cc(C3CCCCC3)cc2C2CCCCC2)c2c1CCC2. The van der Waals surface area contributed by atoms with Crippen molar-refractivity contribution < 1.29 is 34.4 Å². The first kappa shape index (κ1) is 31.0. The monoisotopic (exact) mass is 635 g/mol. The van der Waals surface area contributed by atoms with E-state index in [0.717, 1.165) is 101 Å². The van der Waals surface area contributed by atoms with Crippen LogP contribution in [-0.2, 0) is 33.1 Å². The van der Waals surface area contributed by atoms with Crippen LogP contribution < -0.4 is 4.18 Å². The van der Waals surface area contributed by atoms with Gasteiger partial charge in [-0.2, -0.15) is 12.8 Å². The minimum Gasteiger partial charge on any atom is -0.744 e. The predicted octanol–water partition coefficient (Wildman–Crippen LogP) is 8.27. The molecular weight excluding hydrogens is 594 g/mol. The van der Waals surface area contributed by atoms with Gasteiger partial charge in [-0.15, -0.1) is 0 Å². The van der Waals surface area contributed by atoms with Crippen LogP contribution in [0.25, 0.3) is 0 Å². The summed E-state index contributed by atoms with van der Waals surface area (Å²) in [5, 5.41) is 0. The van der Waals surface area contributed by atoms with Crippen molar-refractivity contribution in [2.75, 3.05) is 0 Å². The lowest BCUT2D eigenvalue weighted by molar-refractivity contribution is 0.404. The summed E-state index contributed by atoms with van der Waals surface area (Å²) in [7, 11) is -9.99. The zero-order chi connectivity index (χ0) is 30.4. The van der Waals surface area contributed by atoms with Crippen molar-refractivity contribution >= 4 is 20.2 Å². The molecule has 6 nitrogen and oxygen atoms in total. The lowest BCUT2D eigenvalue weighted by Crippen LogP contribution is -2.22. The standard InChI is InChI=1S/C33H42F2O6S2/c34-29-30(35)33(42(36,37)38)26-18-10-17-25(26)31(29)41-43(39,40)32-27(22-13-6-2-7-14-22)19-24(21-11-4-1-5-12-21)20-28(32)23-15-8-3-9-16-23/h19-23H,1-18H2,(H,36,37,38)/p-1. The van der Waals surface area contributed by atoms with Gasteiger partial charge < -0.3 is 8.74 Å². The molecular formula is C33H41F2O6S2-. The van der Waals surface area contributed by atoms with E-state index in [9.17, 15) is 21.4 Å². The second kappa shape index (κ2) is 12.4. The van der Waals surface area contributed by atoms with E-state index < -0.39 is 42.5 Å². The number of halogens is 2. The van der Waals surface area contributed by atoms with Crippen LogP contribution in [0.2, 0.25) is 0 Å². The smallest absolute Gasteiger partial charge is 0.339 e. The predicted molar refractivity (Wildman–Crippen MR) is 158 cm³/mol. The van der Waals surface area contributed by atoms with Gasteiger partial charge >= 0.3 is 10.1 Å². The maximum Gasteiger partial charge on any atom is 0.339 e. The van der Waals surface area contributed by atoms with Crippen molar-refractivity contribution in [1.82, 2.24) is 0 Å². The summed E-state index contributed by atoms with van der Waals surface area (Å²) in [6, 6.07) is 4.14. The Labute approximate surface area is 254 Å². The van der Waals surface area contributed by atoms with Crippen molar-refractivity contribution in [1.29, 1.82) is 0 Å². The minimum absolute atomic E-state index is 0.0216. The van der Waals surface area contributed by atoms with Crippen molar-refractivity contribution in [3.63, 3.8) is 0 Å². The number of hydrogen-bond acceptors (Lipinski definition) is 6. The molecule has 4 aliphatic rings. The molecule has 0 bridgehead atoms. The first-order valence-electron chi connectivity index (χ1n) is 16.2. The maximum absolute atomic E-state index is 15.5. The Kier molecular flexibility index (Phi) is 8.92. The first-order valence-corrected chi connectivity index (χ1v) is 19.0. The number of fused-ring (bicyclic) bond motifs is 1. The Morgan fingerprint density at radius 3 is 1.56 bits per heavy atom. The summed E-state index contributed by atoms with van der Waals surface area (Å²) in [5.74, 6) is -4.00. The van der Waals surface area contributed by atoms with E-state index in [4.69, 9.17) is 4.18 Å². The Hall–Kier alpha value is -2.04. The van der Waals surface area contributed by atoms with Gasteiger partial charge in [0, 0.05) is 5.56 Å². The van der Waals surface area contributed by atoms with Gasteiger partial charge in [-0.3, -0.25) is 0 Å². The molecule has 0 aliphatic heterocycles. The molecule has 0 saturated heterocycles. The molecule has 3 saturated carbocycles. The molecule has 236 valence electrons. The summed E-state index contributed by atoms with van der Waals surface area (Å²) >= 11 is 0. The van der Waals surface area contributed by atoms with Gasteiger partial charge in [-0.25, -0.2) is 12.8 Å². The highest BCUT2D eigenvalue weighted by atomic mass is 32.2. The van der Waals surface area contributed by atoms with Gasteiger partial charge in [-0.05, 0) is 97.8 Å². The normalized spacial score (nSPS) is 21.2. The fraction of sp³-hybridized carbons (Fsp3) is 0.636. The third-order valence-corrected chi connectivity index (χ3v) is 12.7. The van der Waals surface area contributed by atoms with Gasteiger partial charge in [0.05, 0.1) is 4.90 Å². The van der Waals surface area contributed by atoms with Crippen LogP contribution in [0.1, 0.15) is 148 Å². The summed E-state index contributed by atoms with van der Waals surface area (Å²) in [6.07, 6.45) is 15.7. The number of hydrogen-bond donors (Lipinski definition) is 0. The highest BCUT2D eigenvalue weighted by Gasteiger charge is 2.38. The van der Waals surface area contributed by atoms with E-state index in [1.54, 1.807) is 0 Å². The van der Waals surface area contributed by atoms with Crippen LogP contribution >= 0.6 is 0 Å². The lowest BCUT2D eigenvalue weighted by Gasteiger charge is -2.32. The zero-order valence-electron chi connectivity index (χ0n) is 24.6. The Morgan fingerprint density at radius 2 is 1.07 bits per heavy atom. The van der Waals surface area contributed by atoms with Gasteiger partial charge in [0.15, 0.2) is 11.6 Å². The molecule has 6 rings (SSSR count). The largest absolute Gasteiger partial charge is 0.744 e. The van der Waals surface area contributed by atoms with Crippen LogP contribution in [0, 0.1) is 11.6 Å². The molecule has 0 aromatic heterocycles. The zero-order valence-corrected chi connectivity index (χ0v) is 26.3. The van der Waals surface area contributed by atoms with Crippen molar-refractivity contribution in [3.8, 4) is 5.75 Å². The lowest BCUT2D eigenvalue weighted by atomic mass is 9.76. The molecule has 0 atom stereocenters. The fourth-order valence-corrected chi connectivity index (χ4v) is 10.6. The average molecular weight is 636 g/mol. The van der Waals surface area contributed by atoms with E-state index in [0.29, 0.717) is 12.3 Å². The van der Waals surface area contributed by atoms with E-state index in [1.165, 1.54) is 12.0 Å². The van der Waals surface area contributed by atoms with Crippen molar-refractivity contribution in [2.45, 2.75) is 143 Å². The van der Waals surface area contributed by atoms with Gasteiger partial charge in [0.25, 0.3) is 0 Å². The minimum atomic E-state index is -5.32. The molecule has 0 unspecified atom stereocenters. The molecule has 0 heterocycles. The van der Waals surface area contributed by atoms with Crippen molar-refractivity contribution in [2.24, 2.45) is 0 Å². The van der Waals surface area contributed by atoms with E-state index in [-0.39, 0.29) is 40.7 Å². The maximum atomic E-state index is 15.5. The van der Waals surface area contributed by atoms with Crippen molar-refractivity contribution in [3.05, 3.63) is 51.6 Å². The van der Waals surface area contributed by atoms with Gasteiger partial charge in [-0.1, -0.05) is 69.9 Å². The Morgan fingerprint density at radius 1 is 0.605 bits per heavy atom. The second-order valence-electron chi connectivity index (χ2n) is 13.1. The highest BCUT2D eigenvalue weighted by Crippen LogP contribution is 2.47. The molecule has 43 heavy (non-hydrogen) atoms. The summed E-state index contributed by atoms with van der Waals surface area (Å²) in [6.45, 7) is 0. The Bertz CT molecular complexity index is 1540. The quantitative estimate of drug-likeness (QED) is 0.224. The van der Waals surface area contributed by atoms with Crippen LogP contribution in [0.5, 0.6) is 5.75 Å². The highest BCUT2D eigenvalue weighted by molar-refractivity contribution is 7.87. The molecule has 4 aliphatic carbocycles. The molecule has 10 heteroatoms. The van der Waals surface area contributed by atoms with Crippen LogP contribution in [0.15, 0.2) is 21.9 Å². The number of rotatable bonds is 7. The van der Waals surface area contributed by atoms with Gasteiger partial charge in [0.2, 0.25) is 5.82 Å². The molecule has 2 aromatic rings. The summed E-state index contributed by atoms with van der Waals surface area (Å²) in [4.78, 5) is -1.14. The van der Waals surface area contributed by atoms with Gasteiger partial charge in [0.1, 0.15) is 15.0 Å². The van der Waals surface area contributed by atoms with E-state index >= 15 is 8.78 Å². The van der Waals surface area contributed by atoms with E-state index in [2.05, 4.69) is 12.1 Å². The van der Waals surface area contributed by atoms with E-state index in [1.807, 2.05) is 0 Å². The molecule has 0 amide bonds. The molecule has 0 spiro atoms. The molecule has 0 N–H and O–H groups in total. The third-order valence-electron chi connectivity index (χ3n) is 10.4. The Balaban J connectivity index is 1.53.